The second kappa shape index (κ2) is 8.53. The molecule has 2 N–H and O–H groups in total. The Morgan fingerprint density at radius 3 is 2.35 bits per heavy atom. The highest BCUT2D eigenvalue weighted by Gasteiger charge is 2.39. The minimum atomic E-state index is -0.730. The molecule has 2 amide bonds. The highest BCUT2D eigenvalue weighted by atomic mass is 32.2. The third-order valence-corrected chi connectivity index (χ3v) is 4.95. The van der Waals surface area contributed by atoms with Gasteiger partial charge >= 0.3 is 6.09 Å². The van der Waals surface area contributed by atoms with Crippen molar-refractivity contribution in [1.82, 2.24) is 4.90 Å². The molecular weight excluding hydrogens is 350 g/mol. The lowest BCUT2D eigenvalue weighted by molar-refractivity contribution is -0.119. The number of rotatable bonds is 6. The third kappa shape index (κ3) is 4.43. The molecule has 0 radical (unpaired) electrons. The largest absolute Gasteiger partial charge is 0.444 e. The molecule has 0 bridgehead atoms. The van der Waals surface area contributed by atoms with Crippen LogP contribution in [0.1, 0.15) is 11.1 Å². The monoisotopic (exact) mass is 369 g/mol. The van der Waals surface area contributed by atoms with E-state index in [0.29, 0.717) is 5.75 Å². The van der Waals surface area contributed by atoms with Crippen LogP contribution in [0, 0.1) is 0 Å². The van der Waals surface area contributed by atoms with Gasteiger partial charge in [0, 0.05) is 11.5 Å². The van der Waals surface area contributed by atoms with E-state index in [1.165, 1.54) is 0 Å². The minimum Gasteiger partial charge on any atom is -0.444 e. The lowest BCUT2D eigenvalue weighted by Gasteiger charge is -2.22. The molecule has 0 unspecified atom stereocenters. The Hall–Kier alpha value is -2.80. The van der Waals surface area contributed by atoms with E-state index in [4.69, 9.17) is 10.5 Å². The van der Waals surface area contributed by atoms with Crippen LogP contribution in [0.4, 0.5) is 4.79 Å². The van der Waals surface area contributed by atoms with E-state index in [-0.39, 0.29) is 12.6 Å². The number of hydrogen-bond acceptors (Lipinski definition) is 5. The van der Waals surface area contributed by atoms with Gasteiger partial charge in [0.05, 0.1) is 0 Å². The summed E-state index contributed by atoms with van der Waals surface area (Å²) in [7, 11) is 0. The smallest absolute Gasteiger partial charge is 0.417 e. The summed E-state index contributed by atoms with van der Waals surface area (Å²) in [5.41, 5.74) is 7.76. The van der Waals surface area contributed by atoms with Gasteiger partial charge in [0.1, 0.15) is 12.6 Å². The van der Waals surface area contributed by atoms with Crippen LogP contribution in [0.2, 0.25) is 0 Å². The first-order valence-electron chi connectivity index (χ1n) is 8.15. The normalized spacial score (nSPS) is 16.5. The minimum absolute atomic E-state index is 0.113. The Balaban J connectivity index is 1.57. The van der Waals surface area contributed by atoms with E-state index in [0.717, 1.165) is 21.8 Å². The Kier molecular flexibility index (Phi) is 5.91. The van der Waals surface area contributed by atoms with Crippen molar-refractivity contribution in [1.29, 1.82) is 0 Å². The number of nitrogens with two attached hydrogens (primary N) is 1. The first kappa shape index (κ1) is 18.0. The zero-order valence-electron chi connectivity index (χ0n) is 14.1. The second-order valence-electron chi connectivity index (χ2n) is 5.73. The fourth-order valence-corrected chi connectivity index (χ4v) is 3.59. The topological polar surface area (TPSA) is 85.0 Å². The van der Waals surface area contributed by atoms with E-state index < -0.39 is 18.0 Å². The van der Waals surface area contributed by atoms with Crippen molar-refractivity contribution < 1.29 is 14.3 Å². The maximum Gasteiger partial charge on any atom is 0.417 e. The summed E-state index contributed by atoms with van der Waals surface area (Å²) >= 11 is 1.55. The first-order valence-corrected chi connectivity index (χ1v) is 9.30. The van der Waals surface area contributed by atoms with Gasteiger partial charge in [0.2, 0.25) is 5.96 Å². The predicted octanol–water partition coefficient (Wildman–Crippen LogP) is 2.78. The number of carbonyl (C=O) groups excluding carboxylic acids is 2. The highest BCUT2D eigenvalue weighted by molar-refractivity contribution is 7.98. The van der Waals surface area contributed by atoms with Gasteiger partial charge in [-0.1, -0.05) is 60.7 Å². The summed E-state index contributed by atoms with van der Waals surface area (Å²) in [5.74, 6) is 0.605. The van der Waals surface area contributed by atoms with Crippen LogP contribution in [-0.4, -0.2) is 34.7 Å². The molecule has 1 atom stereocenters. The Morgan fingerprint density at radius 2 is 1.69 bits per heavy atom. The molecule has 26 heavy (non-hydrogen) atoms. The number of nitrogens with zero attached hydrogens (tertiary/aromatic N) is 2. The Bertz CT molecular complexity index is 796. The average molecular weight is 369 g/mol. The summed E-state index contributed by atoms with van der Waals surface area (Å²) in [6.07, 6.45) is -0.661. The van der Waals surface area contributed by atoms with Crippen LogP contribution in [0.5, 0.6) is 0 Å². The van der Waals surface area contributed by atoms with Crippen LogP contribution in [-0.2, 0) is 21.9 Å². The molecule has 1 aliphatic rings. The van der Waals surface area contributed by atoms with E-state index >= 15 is 0 Å². The molecule has 0 aliphatic carbocycles. The van der Waals surface area contributed by atoms with Gasteiger partial charge in [-0.15, -0.1) is 0 Å². The van der Waals surface area contributed by atoms with Gasteiger partial charge in [-0.25, -0.2) is 9.69 Å². The fourth-order valence-electron chi connectivity index (χ4n) is 2.53. The number of carbonyl (C=O) groups is 2. The van der Waals surface area contributed by atoms with Crippen molar-refractivity contribution in [3.8, 4) is 0 Å². The Labute approximate surface area is 156 Å². The van der Waals surface area contributed by atoms with Gasteiger partial charge in [0.15, 0.2) is 0 Å². The zero-order valence-corrected chi connectivity index (χ0v) is 14.9. The number of aliphatic imine (C=N–C) groups is 1. The van der Waals surface area contributed by atoms with Crippen molar-refractivity contribution >= 4 is 29.7 Å². The summed E-state index contributed by atoms with van der Waals surface area (Å²) in [4.78, 5) is 29.3. The number of amides is 2. The molecule has 1 aliphatic heterocycles. The molecule has 1 heterocycles. The molecule has 7 heteroatoms. The molecule has 0 fully saturated rings. The molecule has 6 nitrogen and oxygen atoms in total. The Morgan fingerprint density at radius 1 is 1.08 bits per heavy atom. The summed E-state index contributed by atoms with van der Waals surface area (Å²) in [5, 5.41) is 0. The second-order valence-corrected chi connectivity index (χ2v) is 6.77. The first-order chi connectivity index (χ1) is 12.6. The summed E-state index contributed by atoms with van der Waals surface area (Å²) < 4.78 is 5.29. The zero-order chi connectivity index (χ0) is 18.4. The van der Waals surface area contributed by atoms with E-state index in [2.05, 4.69) is 4.99 Å². The van der Waals surface area contributed by atoms with Crippen LogP contribution in [0.15, 0.2) is 65.7 Å². The van der Waals surface area contributed by atoms with Gasteiger partial charge < -0.3 is 10.5 Å². The van der Waals surface area contributed by atoms with E-state index in [9.17, 15) is 9.59 Å². The van der Waals surface area contributed by atoms with Crippen LogP contribution < -0.4 is 5.73 Å². The summed E-state index contributed by atoms with van der Waals surface area (Å²) in [6.45, 7) is 0.113. The van der Waals surface area contributed by atoms with Crippen molar-refractivity contribution in [3.63, 3.8) is 0 Å². The van der Waals surface area contributed by atoms with Crippen LogP contribution in [0.3, 0.4) is 0 Å². The van der Waals surface area contributed by atoms with Crippen molar-refractivity contribution in [2.45, 2.75) is 18.4 Å². The molecule has 134 valence electrons. The van der Waals surface area contributed by atoms with Crippen molar-refractivity contribution in [2.75, 3.05) is 5.75 Å². The standard InChI is InChI=1S/C19H19N3O3S/c20-18-21-17(23)16(13-26-12-15-9-5-2-6-10-15)22(18)19(24)25-11-14-7-3-1-4-8-14/h1-10,16H,11-13H2,(H2,20,21,23)/t16-/m0/s1. The van der Waals surface area contributed by atoms with Crippen LogP contribution in [0.25, 0.3) is 0 Å². The highest BCUT2D eigenvalue weighted by Crippen LogP contribution is 2.20. The van der Waals surface area contributed by atoms with Crippen molar-refractivity contribution in [3.05, 3.63) is 71.8 Å². The molecule has 0 saturated heterocycles. The molecule has 0 saturated carbocycles. The molecular formula is C19H19N3O3S. The summed E-state index contributed by atoms with van der Waals surface area (Å²) in [6, 6.07) is 18.5. The van der Waals surface area contributed by atoms with Crippen molar-refractivity contribution in [2.24, 2.45) is 10.7 Å². The van der Waals surface area contributed by atoms with E-state index in [1.54, 1.807) is 11.8 Å². The third-order valence-electron chi connectivity index (χ3n) is 3.86. The lowest BCUT2D eigenvalue weighted by atomic mass is 10.2. The predicted molar refractivity (Wildman–Crippen MR) is 101 cm³/mol. The number of hydrogen-bond donors (Lipinski definition) is 1. The SMILES string of the molecule is NC1=NC(=O)[C@H](CSCc2ccccc2)N1C(=O)OCc1ccccc1. The number of benzene rings is 2. The molecule has 3 rings (SSSR count). The number of ether oxygens (including phenoxy) is 1. The quantitative estimate of drug-likeness (QED) is 0.846. The lowest BCUT2D eigenvalue weighted by Crippen LogP contribution is -2.47. The number of guanidine groups is 1. The molecule has 2 aromatic rings. The molecule has 2 aromatic carbocycles. The van der Waals surface area contributed by atoms with Gasteiger partial charge in [-0.2, -0.15) is 16.8 Å². The molecule has 0 spiro atoms. The average Bonchev–Trinajstić information content (AvgIpc) is 2.95. The molecule has 0 aromatic heterocycles. The van der Waals surface area contributed by atoms with E-state index in [1.807, 2.05) is 60.7 Å². The van der Waals surface area contributed by atoms with Gasteiger partial charge in [-0.3, -0.25) is 4.79 Å². The fraction of sp³-hybridized carbons (Fsp3) is 0.211. The van der Waals surface area contributed by atoms with Gasteiger partial charge in [0.25, 0.3) is 5.91 Å². The van der Waals surface area contributed by atoms with Crippen LogP contribution >= 0.6 is 11.8 Å². The number of thioether (sulfide) groups is 1. The maximum atomic E-state index is 12.4. The maximum absolute atomic E-state index is 12.4. The van der Waals surface area contributed by atoms with Gasteiger partial charge in [-0.05, 0) is 11.1 Å².